The highest BCUT2D eigenvalue weighted by molar-refractivity contribution is 5.79. The molecule has 0 saturated carbocycles. The summed E-state index contributed by atoms with van der Waals surface area (Å²) in [5.74, 6) is 0. The Hall–Kier alpha value is -2.06. The van der Waals surface area contributed by atoms with E-state index in [2.05, 4.69) is 59.9 Å². The zero-order valence-corrected chi connectivity index (χ0v) is 10.1. The Kier molecular flexibility index (Phi) is 2.87. The molecule has 1 aliphatic heterocycles. The fourth-order valence-corrected chi connectivity index (χ4v) is 2.38. The Bertz CT molecular complexity index is 587. The second kappa shape index (κ2) is 4.67. The summed E-state index contributed by atoms with van der Waals surface area (Å²) in [4.78, 5) is 0. The lowest BCUT2D eigenvalue weighted by molar-refractivity contribution is 0.787. The molecule has 0 aliphatic carbocycles. The summed E-state index contributed by atoms with van der Waals surface area (Å²) in [5.41, 5.74) is 10.7. The molecule has 3 rings (SSSR count). The van der Waals surface area contributed by atoms with E-state index < -0.39 is 0 Å². The van der Waals surface area contributed by atoms with Crippen molar-refractivity contribution in [2.45, 2.75) is 6.04 Å². The van der Waals surface area contributed by atoms with Crippen molar-refractivity contribution < 1.29 is 0 Å². The van der Waals surface area contributed by atoms with Gasteiger partial charge in [-0.05, 0) is 22.8 Å². The Balaban J connectivity index is 2.15. The third-order valence-corrected chi connectivity index (χ3v) is 3.34. The van der Waals surface area contributed by atoms with E-state index in [1.807, 2.05) is 6.07 Å². The standard InChI is InChI=1S/C16H16N2/c17-11-16-14-7-3-1-5-12(14)9-10-13-6-2-4-8-15(13)18-16/h1-10,16,18H,11,17H2/t16-/m0/s1. The van der Waals surface area contributed by atoms with Gasteiger partial charge in [0.2, 0.25) is 0 Å². The second-order valence-electron chi connectivity index (χ2n) is 4.48. The zero-order valence-electron chi connectivity index (χ0n) is 10.1. The van der Waals surface area contributed by atoms with Crippen molar-refractivity contribution in [3.63, 3.8) is 0 Å². The summed E-state index contributed by atoms with van der Waals surface area (Å²) in [7, 11) is 0. The monoisotopic (exact) mass is 236 g/mol. The van der Waals surface area contributed by atoms with Crippen molar-refractivity contribution in [1.82, 2.24) is 0 Å². The normalized spacial score (nSPS) is 17.1. The fourth-order valence-electron chi connectivity index (χ4n) is 2.38. The van der Waals surface area contributed by atoms with Crippen molar-refractivity contribution in [3.8, 4) is 0 Å². The van der Waals surface area contributed by atoms with Crippen molar-refractivity contribution >= 4 is 17.8 Å². The van der Waals surface area contributed by atoms with E-state index in [-0.39, 0.29) is 6.04 Å². The molecule has 0 radical (unpaired) electrons. The molecule has 90 valence electrons. The van der Waals surface area contributed by atoms with Gasteiger partial charge in [-0.2, -0.15) is 0 Å². The van der Waals surface area contributed by atoms with Crippen LogP contribution in [0.3, 0.4) is 0 Å². The van der Waals surface area contributed by atoms with Gasteiger partial charge in [-0.15, -0.1) is 0 Å². The summed E-state index contributed by atoms with van der Waals surface area (Å²) < 4.78 is 0. The SMILES string of the molecule is NC[C@@H]1Nc2ccccc2C=Cc2ccccc21. The van der Waals surface area contributed by atoms with Crippen molar-refractivity contribution in [1.29, 1.82) is 0 Å². The second-order valence-corrected chi connectivity index (χ2v) is 4.48. The smallest absolute Gasteiger partial charge is 0.0642 e. The minimum atomic E-state index is 0.160. The fraction of sp³-hybridized carbons (Fsp3) is 0.125. The largest absolute Gasteiger partial charge is 0.376 e. The lowest BCUT2D eigenvalue weighted by Crippen LogP contribution is -2.22. The first kappa shape index (κ1) is 11.1. The first-order valence-corrected chi connectivity index (χ1v) is 6.21. The van der Waals surface area contributed by atoms with Crippen LogP contribution in [0.1, 0.15) is 22.7 Å². The van der Waals surface area contributed by atoms with Crippen molar-refractivity contribution in [2.75, 3.05) is 11.9 Å². The van der Waals surface area contributed by atoms with E-state index in [4.69, 9.17) is 5.73 Å². The minimum absolute atomic E-state index is 0.160. The number of fused-ring (bicyclic) bond motifs is 2. The van der Waals surface area contributed by atoms with Gasteiger partial charge in [0.25, 0.3) is 0 Å². The highest BCUT2D eigenvalue weighted by Gasteiger charge is 2.15. The number of rotatable bonds is 1. The van der Waals surface area contributed by atoms with Crippen LogP contribution >= 0.6 is 0 Å². The van der Waals surface area contributed by atoms with Crippen LogP contribution in [0, 0.1) is 0 Å². The van der Waals surface area contributed by atoms with Gasteiger partial charge in [0.1, 0.15) is 0 Å². The maximum atomic E-state index is 5.91. The number of nitrogens with two attached hydrogens (primary N) is 1. The first-order valence-electron chi connectivity index (χ1n) is 6.21. The third kappa shape index (κ3) is 1.91. The molecule has 0 unspecified atom stereocenters. The maximum Gasteiger partial charge on any atom is 0.0642 e. The highest BCUT2D eigenvalue weighted by Crippen LogP contribution is 2.29. The van der Waals surface area contributed by atoms with Crippen LogP contribution in [0.15, 0.2) is 48.5 Å². The number of para-hydroxylation sites is 1. The molecule has 2 heteroatoms. The van der Waals surface area contributed by atoms with E-state index in [0.29, 0.717) is 6.54 Å². The van der Waals surface area contributed by atoms with Crippen LogP contribution in [0.2, 0.25) is 0 Å². The van der Waals surface area contributed by atoms with Crippen molar-refractivity contribution in [2.24, 2.45) is 5.73 Å². The molecule has 2 aromatic carbocycles. The molecule has 0 bridgehead atoms. The maximum absolute atomic E-state index is 5.91. The van der Waals surface area contributed by atoms with Gasteiger partial charge in [0, 0.05) is 12.2 Å². The summed E-state index contributed by atoms with van der Waals surface area (Å²) in [6.45, 7) is 0.583. The molecule has 0 amide bonds. The molecule has 3 N–H and O–H groups in total. The number of benzene rings is 2. The molecule has 1 atom stereocenters. The molecular formula is C16H16N2. The average Bonchev–Trinajstić information content (AvgIpc) is 2.41. The lowest BCUT2D eigenvalue weighted by atomic mass is 9.96. The van der Waals surface area contributed by atoms with E-state index in [1.54, 1.807) is 0 Å². The van der Waals surface area contributed by atoms with Crippen LogP contribution < -0.4 is 11.1 Å². The minimum Gasteiger partial charge on any atom is -0.376 e. The molecule has 0 aromatic heterocycles. The first-order chi connectivity index (χ1) is 8.88. The molecule has 1 aliphatic rings. The lowest BCUT2D eigenvalue weighted by Gasteiger charge is -2.23. The van der Waals surface area contributed by atoms with Gasteiger partial charge < -0.3 is 11.1 Å². The quantitative estimate of drug-likeness (QED) is 0.797. The number of nitrogens with one attached hydrogen (secondary N) is 1. The van der Waals surface area contributed by atoms with Crippen LogP contribution in [0.5, 0.6) is 0 Å². The van der Waals surface area contributed by atoms with E-state index in [1.165, 1.54) is 16.7 Å². The molecule has 2 nitrogen and oxygen atoms in total. The summed E-state index contributed by atoms with van der Waals surface area (Å²) >= 11 is 0. The summed E-state index contributed by atoms with van der Waals surface area (Å²) in [5, 5.41) is 3.53. The Morgan fingerprint density at radius 1 is 0.889 bits per heavy atom. The molecule has 18 heavy (non-hydrogen) atoms. The Labute approximate surface area is 107 Å². The van der Waals surface area contributed by atoms with Crippen LogP contribution in [-0.4, -0.2) is 6.54 Å². The summed E-state index contributed by atoms with van der Waals surface area (Å²) in [6.07, 6.45) is 4.31. The van der Waals surface area contributed by atoms with Gasteiger partial charge in [0.05, 0.1) is 6.04 Å². The number of hydrogen-bond donors (Lipinski definition) is 2. The summed E-state index contributed by atoms with van der Waals surface area (Å²) in [6, 6.07) is 16.8. The third-order valence-electron chi connectivity index (χ3n) is 3.34. The molecule has 1 heterocycles. The zero-order chi connectivity index (χ0) is 12.4. The van der Waals surface area contributed by atoms with Gasteiger partial charge >= 0.3 is 0 Å². The molecule has 2 aromatic rings. The van der Waals surface area contributed by atoms with Gasteiger partial charge in [-0.1, -0.05) is 54.6 Å². The average molecular weight is 236 g/mol. The van der Waals surface area contributed by atoms with Crippen LogP contribution in [-0.2, 0) is 0 Å². The van der Waals surface area contributed by atoms with Crippen LogP contribution in [0.4, 0.5) is 5.69 Å². The van der Waals surface area contributed by atoms with E-state index in [0.717, 1.165) is 5.69 Å². The Morgan fingerprint density at radius 2 is 1.56 bits per heavy atom. The van der Waals surface area contributed by atoms with Gasteiger partial charge in [0.15, 0.2) is 0 Å². The van der Waals surface area contributed by atoms with Gasteiger partial charge in [-0.3, -0.25) is 0 Å². The van der Waals surface area contributed by atoms with E-state index >= 15 is 0 Å². The van der Waals surface area contributed by atoms with E-state index in [9.17, 15) is 0 Å². The molecule has 0 fully saturated rings. The number of anilines is 1. The van der Waals surface area contributed by atoms with Gasteiger partial charge in [-0.25, -0.2) is 0 Å². The molecule has 0 saturated heterocycles. The highest BCUT2D eigenvalue weighted by atomic mass is 14.9. The predicted octanol–water partition coefficient (Wildman–Crippen LogP) is 3.28. The van der Waals surface area contributed by atoms with Crippen molar-refractivity contribution in [3.05, 3.63) is 65.2 Å². The Morgan fingerprint density at radius 3 is 2.39 bits per heavy atom. The predicted molar refractivity (Wildman–Crippen MR) is 77.2 cm³/mol. The van der Waals surface area contributed by atoms with Crippen LogP contribution in [0.25, 0.3) is 12.2 Å². The molecule has 0 spiro atoms. The molecular weight excluding hydrogens is 220 g/mol. The number of hydrogen-bond acceptors (Lipinski definition) is 2. The topological polar surface area (TPSA) is 38.0 Å².